The third-order valence-corrected chi connectivity index (χ3v) is 2.36. The molecule has 0 fully saturated rings. The number of ether oxygens (including phenoxy) is 1. The number of amides is 1. The van der Waals surface area contributed by atoms with Crippen LogP contribution in [0.25, 0.3) is 0 Å². The number of hydrogen-bond donors (Lipinski definition) is 1. The molecule has 0 saturated carbocycles. The lowest BCUT2D eigenvalue weighted by Gasteiger charge is -2.13. The number of benzene rings is 1. The number of carbonyl (C=O) groups excluding carboxylic acids is 1. The maximum Gasteiger partial charge on any atom is 0.261 e. The standard InChI is InChI=1S/C11H13NO2/c1-2-9-11(13)12-7-8-5-3-4-6-10(8)14-9/h3-6,9H,2,7H2,1H3,(H,12,13). The van der Waals surface area contributed by atoms with E-state index in [1.807, 2.05) is 31.2 Å². The van der Waals surface area contributed by atoms with Crippen molar-refractivity contribution < 1.29 is 9.53 Å². The Labute approximate surface area is 83.1 Å². The van der Waals surface area contributed by atoms with Crippen molar-refractivity contribution in [3.05, 3.63) is 29.8 Å². The molecule has 74 valence electrons. The quantitative estimate of drug-likeness (QED) is 0.730. The van der Waals surface area contributed by atoms with E-state index in [4.69, 9.17) is 4.74 Å². The van der Waals surface area contributed by atoms with Gasteiger partial charge in [0.05, 0.1) is 0 Å². The molecule has 1 atom stereocenters. The highest BCUT2D eigenvalue weighted by Crippen LogP contribution is 2.22. The van der Waals surface area contributed by atoms with Crippen molar-refractivity contribution >= 4 is 5.91 Å². The van der Waals surface area contributed by atoms with Crippen LogP contribution in [-0.4, -0.2) is 12.0 Å². The second kappa shape index (κ2) is 3.70. The van der Waals surface area contributed by atoms with Gasteiger partial charge in [-0.25, -0.2) is 0 Å². The largest absolute Gasteiger partial charge is 0.480 e. The lowest BCUT2D eigenvalue weighted by Crippen LogP contribution is -2.35. The molecule has 0 aromatic heterocycles. The zero-order chi connectivity index (χ0) is 9.97. The molecule has 1 unspecified atom stereocenters. The highest BCUT2D eigenvalue weighted by molar-refractivity contribution is 5.81. The molecular formula is C11H13NO2. The summed E-state index contributed by atoms with van der Waals surface area (Å²) in [6, 6.07) is 7.73. The van der Waals surface area contributed by atoms with E-state index in [2.05, 4.69) is 5.32 Å². The van der Waals surface area contributed by atoms with E-state index in [1.165, 1.54) is 0 Å². The molecule has 0 bridgehead atoms. The molecule has 3 heteroatoms. The van der Waals surface area contributed by atoms with E-state index in [0.717, 1.165) is 11.3 Å². The Morgan fingerprint density at radius 1 is 1.50 bits per heavy atom. The van der Waals surface area contributed by atoms with Crippen LogP contribution in [0.5, 0.6) is 5.75 Å². The van der Waals surface area contributed by atoms with Crippen LogP contribution in [0.15, 0.2) is 24.3 Å². The predicted molar refractivity (Wildman–Crippen MR) is 53.0 cm³/mol. The summed E-state index contributed by atoms with van der Waals surface area (Å²) >= 11 is 0. The Hall–Kier alpha value is -1.51. The van der Waals surface area contributed by atoms with Gasteiger partial charge >= 0.3 is 0 Å². The minimum Gasteiger partial charge on any atom is -0.480 e. The molecule has 1 N–H and O–H groups in total. The van der Waals surface area contributed by atoms with E-state index < -0.39 is 0 Å². The summed E-state index contributed by atoms with van der Waals surface area (Å²) in [5, 5.41) is 2.84. The minimum atomic E-state index is -0.348. The van der Waals surface area contributed by atoms with Gasteiger partial charge in [-0.15, -0.1) is 0 Å². The average molecular weight is 191 g/mol. The summed E-state index contributed by atoms with van der Waals surface area (Å²) in [6.07, 6.45) is 0.346. The van der Waals surface area contributed by atoms with Crippen molar-refractivity contribution in [2.45, 2.75) is 26.0 Å². The Kier molecular flexibility index (Phi) is 2.39. The van der Waals surface area contributed by atoms with E-state index in [-0.39, 0.29) is 12.0 Å². The molecule has 0 radical (unpaired) electrons. The van der Waals surface area contributed by atoms with Gasteiger partial charge in [-0.2, -0.15) is 0 Å². The first-order valence-corrected chi connectivity index (χ1v) is 4.83. The SMILES string of the molecule is CCC1Oc2ccccc2CNC1=O. The van der Waals surface area contributed by atoms with Gasteiger partial charge in [-0.1, -0.05) is 25.1 Å². The van der Waals surface area contributed by atoms with E-state index in [0.29, 0.717) is 13.0 Å². The molecule has 0 aliphatic carbocycles. The third kappa shape index (κ3) is 1.58. The maximum atomic E-state index is 11.5. The summed E-state index contributed by atoms with van der Waals surface area (Å²) < 4.78 is 5.61. The molecule has 1 amide bonds. The lowest BCUT2D eigenvalue weighted by molar-refractivity contribution is -0.127. The van der Waals surface area contributed by atoms with Crippen LogP contribution in [0.1, 0.15) is 18.9 Å². The topological polar surface area (TPSA) is 38.3 Å². The molecule has 0 spiro atoms. The number of rotatable bonds is 1. The zero-order valence-electron chi connectivity index (χ0n) is 8.12. The van der Waals surface area contributed by atoms with Crippen molar-refractivity contribution in [1.29, 1.82) is 0 Å². The maximum absolute atomic E-state index is 11.5. The first kappa shape index (κ1) is 9.06. The number of nitrogens with one attached hydrogen (secondary N) is 1. The van der Waals surface area contributed by atoms with Crippen LogP contribution in [0.2, 0.25) is 0 Å². The van der Waals surface area contributed by atoms with Gasteiger partial charge in [0.25, 0.3) is 5.91 Å². The molecule has 1 aromatic carbocycles. The van der Waals surface area contributed by atoms with Crippen molar-refractivity contribution in [1.82, 2.24) is 5.32 Å². The van der Waals surface area contributed by atoms with Crippen molar-refractivity contribution in [2.75, 3.05) is 0 Å². The van der Waals surface area contributed by atoms with E-state index in [1.54, 1.807) is 0 Å². The molecule has 1 aliphatic heterocycles. The monoisotopic (exact) mass is 191 g/mol. The Balaban J connectivity index is 2.31. The molecule has 1 aliphatic rings. The summed E-state index contributed by atoms with van der Waals surface area (Å²) in [5.41, 5.74) is 1.04. The molecule has 1 heterocycles. The fraction of sp³-hybridized carbons (Fsp3) is 0.364. The second-order valence-electron chi connectivity index (χ2n) is 3.34. The third-order valence-electron chi connectivity index (χ3n) is 2.36. The van der Waals surface area contributed by atoms with Crippen LogP contribution < -0.4 is 10.1 Å². The summed E-state index contributed by atoms with van der Waals surface area (Å²) in [6.45, 7) is 2.50. The molecule has 2 rings (SSSR count). The van der Waals surface area contributed by atoms with Gasteiger partial charge in [-0.3, -0.25) is 4.79 Å². The number of carbonyl (C=O) groups is 1. The molecule has 0 saturated heterocycles. The molecular weight excluding hydrogens is 178 g/mol. The fourth-order valence-electron chi connectivity index (χ4n) is 1.54. The first-order chi connectivity index (χ1) is 6.81. The highest BCUT2D eigenvalue weighted by Gasteiger charge is 2.22. The summed E-state index contributed by atoms with van der Waals surface area (Å²) in [5.74, 6) is 0.793. The Bertz CT molecular complexity index is 349. The first-order valence-electron chi connectivity index (χ1n) is 4.83. The second-order valence-corrected chi connectivity index (χ2v) is 3.34. The molecule has 3 nitrogen and oxygen atoms in total. The number of fused-ring (bicyclic) bond motifs is 1. The Morgan fingerprint density at radius 3 is 3.07 bits per heavy atom. The molecule has 1 aromatic rings. The number of hydrogen-bond acceptors (Lipinski definition) is 2. The van der Waals surface area contributed by atoms with Gasteiger partial charge in [0.15, 0.2) is 6.10 Å². The Morgan fingerprint density at radius 2 is 2.29 bits per heavy atom. The van der Waals surface area contributed by atoms with Gasteiger partial charge in [0, 0.05) is 12.1 Å². The summed E-state index contributed by atoms with van der Waals surface area (Å²) in [7, 11) is 0. The zero-order valence-corrected chi connectivity index (χ0v) is 8.12. The van der Waals surface area contributed by atoms with Crippen molar-refractivity contribution in [3.8, 4) is 5.75 Å². The normalized spacial score (nSPS) is 20.4. The van der Waals surface area contributed by atoms with Gasteiger partial charge < -0.3 is 10.1 Å². The smallest absolute Gasteiger partial charge is 0.261 e. The van der Waals surface area contributed by atoms with Crippen molar-refractivity contribution in [2.24, 2.45) is 0 Å². The van der Waals surface area contributed by atoms with E-state index in [9.17, 15) is 4.79 Å². The minimum absolute atomic E-state index is 0.0244. The average Bonchev–Trinajstić information content (AvgIpc) is 2.38. The molecule has 14 heavy (non-hydrogen) atoms. The number of para-hydroxylation sites is 1. The predicted octanol–water partition coefficient (Wildman–Crippen LogP) is 1.47. The van der Waals surface area contributed by atoms with Crippen LogP contribution in [0, 0.1) is 0 Å². The van der Waals surface area contributed by atoms with Crippen molar-refractivity contribution in [3.63, 3.8) is 0 Å². The van der Waals surface area contributed by atoms with E-state index >= 15 is 0 Å². The van der Waals surface area contributed by atoms with Crippen LogP contribution in [-0.2, 0) is 11.3 Å². The van der Waals surface area contributed by atoms with Crippen LogP contribution in [0.3, 0.4) is 0 Å². The summed E-state index contributed by atoms with van der Waals surface area (Å²) in [4.78, 5) is 11.5. The van der Waals surface area contributed by atoms with Gasteiger partial charge in [0.2, 0.25) is 0 Å². The lowest BCUT2D eigenvalue weighted by atomic mass is 10.2. The van der Waals surface area contributed by atoms with Gasteiger partial charge in [-0.05, 0) is 12.5 Å². The van der Waals surface area contributed by atoms with Gasteiger partial charge in [0.1, 0.15) is 5.75 Å². The van der Waals surface area contributed by atoms with Crippen LogP contribution >= 0.6 is 0 Å². The van der Waals surface area contributed by atoms with Crippen LogP contribution in [0.4, 0.5) is 0 Å². The fourth-order valence-corrected chi connectivity index (χ4v) is 1.54. The highest BCUT2D eigenvalue weighted by atomic mass is 16.5.